The van der Waals surface area contributed by atoms with Crippen LogP contribution in [-0.4, -0.2) is 49.0 Å². The summed E-state index contributed by atoms with van der Waals surface area (Å²) in [6.45, 7) is 1.83. The van der Waals surface area contributed by atoms with Crippen molar-refractivity contribution in [2.24, 2.45) is 0 Å². The van der Waals surface area contributed by atoms with Gasteiger partial charge in [0, 0.05) is 25.3 Å². The second-order valence-corrected chi connectivity index (χ2v) is 11.0. The van der Waals surface area contributed by atoms with Crippen LogP contribution in [0.2, 0.25) is 0 Å². The Hall–Kier alpha value is -2.36. The number of rotatable bonds is 5. The molecule has 168 valence electrons. The first-order valence-corrected chi connectivity index (χ1v) is 13.4. The first-order valence-electron chi connectivity index (χ1n) is 10.9. The third-order valence-electron chi connectivity index (χ3n) is 6.02. The molecule has 1 amide bonds. The van der Waals surface area contributed by atoms with E-state index in [4.69, 9.17) is 4.42 Å². The van der Waals surface area contributed by atoms with Crippen LogP contribution >= 0.6 is 11.8 Å². The Morgan fingerprint density at radius 2 is 1.84 bits per heavy atom. The summed E-state index contributed by atoms with van der Waals surface area (Å²) in [7, 11) is -3.53. The summed E-state index contributed by atoms with van der Waals surface area (Å²) in [5.74, 6) is 0.220. The average Bonchev–Trinajstić information content (AvgIpc) is 3.25. The SMILES string of the molecule is O=C(CSc1nc2cc(S(=O)(=O)N3CCCCC3)ccc2o1)N1CCCc2ccccc21. The zero-order chi connectivity index (χ0) is 22.1. The Balaban J connectivity index is 1.30. The van der Waals surface area contributed by atoms with E-state index in [1.165, 1.54) is 17.3 Å². The van der Waals surface area contributed by atoms with E-state index >= 15 is 0 Å². The van der Waals surface area contributed by atoms with Crippen LogP contribution < -0.4 is 4.90 Å². The van der Waals surface area contributed by atoms with Crippen molar-refractivity contribution in [2.45, 2.75) is 42.2 Å². The molecule has 3 aromatic rings. The van der Waals surface area contributed by atoms with E-state index in [2.05, 4.69) is 11.1 Å². The highest BCUT2D eigenvalue weighted by Gasteiger charge is 2.27. The van der Waals surface area contributed by atoms with Crippen LogP contribution in [-0.2, 0) is 21.2 Å². The number of para-hydroxylation sites is 1. The minimum Gasteiger partial charge on any atom is -0.431 e. The fraction of sp³-hybridized carbons (Fsp3) is 0.391. The van der Waals surface area contributed by atoms with Crippen LogP contribution in [0, 0.1) is 0 Å². The third-order valence-corrected chi connectivity index (χ3v) is 8.73. The van der Waals surface area contributed by atoms with Gasteiger partial charge < -0.3 is 9.32 Å². The number of aryl methyl sites for hydroxylation is 1. The van der Waals surface area contributed by atoms with Crippen molar-refractivity contribution in [2.75, 3.05) is 30.3 Å². The van der Waals surface area contributed by atoms with E-state index in [-0.39, 0.29) is 16.6 Å². The molecule has 2 aromatic carbocycles. The van der Waals surface area contributed by atoms with Crippen LogP contribution in [0.15, 0.2) is 57.0 Å². The number of amides is 1. The van der Waals surface area contributed by atoms with Crippen molar-refractivity contribution in [1.29, 1.82) is 0 Å². The van der Waals surface area contributed by atoms with E-state index < -0.39 is 10.0 Å². The molecular formula is C23H25N3O4S2. The topological polar surface area (TPSA) is 83.7 Å². The molecule has 1 aromatic heterocycles. The molecule has 1 saturated heterocycles. The van der Waals surface area contributed by atoms with E-state index in [9.17, 15) is 13.2 Å². The molecule has 0 bridgehead atoms. The zero-order valence-corrected chi connectivity index (χ0v) is 19.3. The molecular weight excluding hydrogens is 446 g/mol. The maximum absolute atomic E-state index is 12.9. The van der Waals surface area contributed by atoms with Crippen molar-refractivity contribution in [1.82, 2.24) is 9.29 Å². The fourth-order valence-corrected chi connectivity index (χ4v) is 6.61. The van der Waals surface area contributed by atoms with Crippen molar-refractivity contribution in [3.8, 4) is 0 Å². The second kappa shape index (κ2) is 8.88. The number of piperidine rings is 1. The van der Waals surface area contributed by atoms with Gasteiger partial charge in [0.2, 0.25) is 15.9 Å². The Bertz CT molecular complexity index is 1250. The van der Waals surface area contributed by atoms with Gasteiger partial charge in [-0.3, -0.25) is 4.79 Å². The maximum Gasteiger partial charge on any atom is 0.257 e. The van der Waals surface area contributed by atoms with Gasteiger partial charge in [-0.1, -0.05) is 36.4 Å². The molecule has 0 N–H and O–H groups in total. The van der Waals surface area contributed by atoms with Crippen LogP contribution in [0.1, 0.15) is 31.2 Å². The number of sulfonamides is 1. The molecule has 9 heteroatoms. The number of hydrogen-bond acceptors (Lipinski definition) is 6. The molecule has 7 nitrogen and oxygen atoms in total. The van der Waals surface area contributed by atoms with Crippen molar-refractivity contribution < 1.29 is 17.6 Å². The van der Waals surface area contributed by atoms with Gasteiger partial charge in [0.05, 0.1) is 10.6 Å². The highest BCUT2D eigenvalue weighted by molar-refractivity contribution is 7.99. The molecule has 0 radical (unpaired) electrons. The number of carbonyl (C=O) groups is 1. The summed E-state index contributed by atoms with van der Waals surface area (Å²) < 4.78 is 33.2. The zero-order valence-electron chi connectivity index (χ0n) is 17.7. The molecule has 0 unspecified atom stereocenters. The van der Waals surface area contributed by atoms with E-state index in [0.29, 0.717) is 36.0 Å². The molecule has 32 heavy (non-hydrogen) atoms. The number of carbonyl (C=O) groups excluding carboxylic acids is 1. The van der Waals surface area contributed by atoms with Gasteiger partial charge in [-0.25, -0.2) is 13.4 Å². The standard InChI is InChI=1S/C23H25N3O4S2/c27-22(26-14-6-8-17-7-2-3-9-20(17)26)16-31-23-24-19-15-18(10-11-21(19)30-23)32(28,29)25-12-4-1-5-13-25/h2-3,7,9-11,15H,1,4-6,8,12-14,16H2. The maximum atomic E-state index is 12.9. The summed E-state index contributed by atoms with van der Waals surface area (Å²) in [6, 6.07) is 12.8. The number of fused-ring (bicyclic) bond motifs is 2. The van der Waals surface area contributed by atoms with Gasteiger partial charge in [-0.05, 0) is 55.5 Å². The number of benzene rings is 2. The van der Waals surface area contributed by atoms with Crippen LogP contribution in [0.5, 0.6) is 0 Å². The predicted molar refractivity (Wildman–Crippen MR) is 124 cm³/mol. The van der Waals surface area contributed by atoms with E-state index in [1.807, 2.05) is 23.1 Å². The lowest BCUT2D eigenvalue weighted by Crippen LogP contribution is -2.36. The minimum absolute atomic E-state index is 0.0118. The average molecular weight is 472 g/mol. The third kappa shape index (κ3) is 4.16. The van der Waals surface area contributed by atoms with Gasteiger partial charge in [-0.2, -0.15) is 4.31 Å². The van der Waals surface area contributed by atoms with E-state index in [1.54, 1.807) is 22.5 Å². The Kier molecular flexibility index (Phi) is 5.96. The van der Waals surface area contributed by atoms with E-state index in [0.717, 1.165) is 37.8 Å². The molecule has 0 atom stereocenters. The monoisotopic (exact) mass is 471 g/mol. The Morgan fingerprint density at radius 3 is 2.69 bits per heavy atom. The number of anilines is 1. The Labute approximate surface area is 191 Å². The number of oxazole rings is 1. The quantitative estimate of drug-likeness (QED) is 0.522. The summed E-state index contributed by atoms with van der Waals surface area (Å²) in [6.07, 6.45) is 4.78. The van der Waals surface area contributed by atoms with Crippen molar-refractivity contribution >= 4 is 44.5 Å². The molecule has 1 fully saturated rings. The van der Waals surface area contributed by atoms with Gasteiger partial charge in [-0.15, -0.1) is 0 Å². The Morgan fingerprint density at radius 1 is 1.03 bits per heavy atom. The summed E-state index contributed by atoms with van der Waals surface area (Å²) >= 11 is 1.24. The van der Waals surface area contributed by atoms with Crippen molar-refractivity contribution in [3.05, 3.63) is 48.0 Å². The molecule has 0 aliphatic carbocycles. The highest BCUT2D eigenvalue weighted by Crippen LogP contribution is 2.30. The second-order valence-electron chi connectivity index (χ2n) is 8.14. The van der Waals surface area contributed by atoms with Crippen LogP contribution in [0.4, 0.5) is 5.69 Å². The summed E-state index contributed by atoms with van der Waals surface area (Å²) in [5, 5.41) is 0.367. The first-order chi connectivity index (χ1) is 15.5. The number of hydrogen-bond donors (Lipinski definition) is 0. The normalized spacial score (nSPS) is 17.4. The molecule has 0 saturated carbocycles. The van der Waals surface area contributed by atoms with Crippen molar-refractivity contribution in [3.63, 3.8) is 0 Å². The molecule has 5 rings (SSSR count). The highest BCUT2D eigenvalue weighted by atomic mass is 32.2. The predicted octanol–water partition coefficient (Wildman–Crippen LogP) is 4.07. The largest absolute Gasteiger partial charge is 0.431 e. The molecule has 2 aliphatic rings. The summed E-state index contributed by atoms with van der Waals surface area (Å²) in [5.41, 5.74) is 3.18. The lowest BCUT2D eigenvalue weighted by Gasteiger charge is -2.29. The van der Waals surface area contributed by atoms with Crippen LogP contribution in [0.25, 0.3) is 11.1 Å². The lowest BCUT2D eigenvalue weighted by molar-refractivity contribution is -0.116. The van der Waals surface area contributed by atoms with Crippen LogP contribution in [0.3, 0.4) is 0 Å². The number of nitrogens with zero attached hydrogens (tertiary/aromatic N) is 3. The minimum atomic E-state index is -3.53. The molecule has 3 heterocycles. The number of thioether (sulfide) groups is 1. The van der Waals surface area contributed by atoms with Gasteiger partial charge in [0.1, 0.15) is 5.52 Å². The fourth-order valence-electron chi connectivity index (χ4n) is 4.36. The first kappa shape index (κ1) is 21.5. The smallest absolute Gasteiger partial charge is 0.257 e. The molecule has 0 spiro atoms. The van der Waals surface area contributed by atoms with Gasteiger partial charge in [0.25, 0.3) is 5.22 Å². The van der Waals surface area contributed by atoms with Gasteiger partial charge >= 0.3 is 0 Å². The molecule has 2 aliphatic heterocycles. The number of aromatic nitrogens is 1. The lowest BCUT2D eigenvalue weighted by atomic mass is 10.0. The van der Waals surface area contributed by atoms with Gasteiger partial charge in [0.15, 0.2) is 5.58 Å². The summed E-state index contributed by atoms with van der Waals surface area (Å²) in [4.78, 5) is 19.4.